The fraction of sp³-hybridized carbons (Fsp3) is 0.500. The zero-order chi connectivity index (χ0) is 17.9. The normalized spacial score (nSPS) is 23.0. The first-order valence-corrected chi connectivity index (χ1v) is 11.0. The van der Waals surface area contributed by atoms with Gasteiger partial charge in [0.2, 0.25) is 0 Å². The summed E-state index contributed by atoms with van der Waals surface area (Å²) in [5.41, 5.74) is 2.69. The van der Waals surface area contributed by atoms with Crippen molar-refractivity contribution >= 4 is 28.8 Å². The van der Waals surface area contributed by atoms with Crippen molar-refractivity contribution in [3.8, 4) is 0 Å². The molecule has 2 aliphatic heterocycles. The quantitative estimate of drug-likeness (QED) is 0.802. The SMILES string of the molecule is CCc1cc2c(s1)Sc1ccccc1NC2N1CCN[C@@H](CCOC)C1. The van der Waals surface area contributed by atoms with Crippen LogP contribution in [0, 0.1) is 0 Å². The molecule has 2 aromatic rings. The van der Waals surface area contributed by atoms with Crippen molar-refractivity contribution in [1.82, 2.24) is 10.2 Å². The number of rotatable bonds is 5. The predicted molar refractivity (Wildman–Crippen MR) is 110 cm³/mol. The van der Waals surface area contributed by atoms with Crippen LogP contribution in [0.2, 0.25) is 0 Å². The highest BCUT2D eigenvalue weighted by atomic mass is 32.2. The first-order chi connectivity index (χ1) is 12.8. The van der Waals surface area contributed by atoms with Crippen LogP contribution in [-0.4, -0.2) is 44.3 Å². The van der Waals surface area contributed by atoms with Gasteiger partial charge in [0.1, 0.15) is 6.17 Å². The largest absolute Gasteiger partial charge is 0.385 e. The van der Waals surface area contributed by atoms with Crippen LogP contribution in [0.4, 0.5) is 5.69 Å². The molecule has 0 amide bonds. The zero-order valence-corrected chi connectivity index (χ0v) is 17.1. The molecular formula is C20H27N3OS2. The van der Waals surface area contributed by atoms with E-state index < -0.39 is 0 Å². The number of nitrogens with one attached hydrogen (secondary N) is 2. The Labute approximate surface area is 164 Å². The van der Waals surface area contributed by atoms with Gasteiger partial charge in [0.25, 0.3) is 0 Å². The number of fused-ring (bicyclic) bond motifs is 2. The first-order valence-electron chi connectivity index (χ1n) is 9.41. The molecule has 26 heavy (non-hydrogen) atoms. The van der Waals surface area contributed by atoms with Gasteiger partial charge in [-0.05, 0) is 31.0 Å². The Kier molecular flexibility index (Phi) is 5.86. The third-order valence-electron chi connectivity index (χ3n) is 5.12. The topological polar surface area (TPSA) is 36.5 Å². The number of ether oxygens (including phenoxy) is 1. The van der Waals surface area contributed by atoms with Crippen LogP contribution in [-0.2, 0) is 11.2 Å². The van der Waals surface area contributed by atoms with E-state index in [9.17, 15) is 0 Å². The summed E-state index contributed by atoms with van der Waals surface area (Å²) in [6.45, 7) is 6.20. The number of anilines is 1. The van der Waals surface area contributed by atoms with Crippen molar-refractivity contribution < 1.29 is 4.74 Å². The molecule has 1 unspecified atom stereocenters. The molecule has 0 aliphatic carbocycles. The second-order valence-corrected chi connectivity index (χ2v) is 9.33. The lowest BCUT2D eigenvalue weighted by Crippen LogP contribution is -2.53. The fourth-order valence-corrected chi connectivity index (χ4v) is 6.20. The third kappa shape index (κ3) is 3.80. The van der Waals surface area contributed by atoms with Crippen LogP contribution < -0.4 is 10.6 Å². The van der Waals surface area contributed by atoms with Crippen LogP contribution in [0.15, 0.2) is 39.4 Å². The molecule has 3 heterocycles. The molecule has 2 aliphatic rings. The van der Waals surface area contributed by atoms with Gasteiger partial charge in [-0.1, -0.05) is 30.8 Å². The third-order valence-corrected chi connectivity index (χ3v) is 7.71. The monoisotopic (exact) mass is 389 g/mol. The molecule has 0 radical (unpaired) electrons. The van der Waals surface area contributed by atoms with E-state index in [4.69, 9.17) is 4.74 Å². The number of hydrogen-bond donors (Lipinski definition) is 2. The van der Waals surface area contributed by atoms with Gasteiger partial charge >= 0.3 is 0 Å². The molecule has 1 aromatic heterocycles. The summed E-state index contributed by atoms with van der Waals surface area (Å²) in [5, 5.41) is 7.50. The zero-order valence-electron chi connectivity index (χ0n) is 15.5. The lowest BCUT2D eigenvalue weighted by atomic mass is 10.1. The Morgan fingerprint density at radius 1 is 1.31 bits per heavy atom. The van der Waals surface area contributed by atoms with Gasteiger partial charge in [-0.3, -0.25) is 4.90 Å². The Balaban J connectivity index is 1.64. The number of thiophene rings is 1. The molecule has 6 heteroatoms. The summed E-state index contributed by atoms with van der Waals surface area (Å²) in [4.78, 5) is 5.40. The van der Waals surface area contributed by atoms with Crippen molar-refractivity contribution in [2.75, 3.05) is 38.7 Å². The molecule has 0 bridgehead atoms. The predicted octanol–water partition coefficient (Wildman–Crippen LogP) is 4.20. The molecule has 140 valence electrons. The minimum Gasteiger partial charge on any atom is -0.385 e. The highest BCUT2D eigenvalue weighted by molar-refractivity contribution is 8.01. The standard InChI is InChI=1S/C20H27N3OS2/c1-3-15-12-16-19(23-10-9-21-14(13-23)8-11-24-2)22-17-6-4-5-7-18(17)26-20(16)25-15/h4-7,12,14,19,21-22H,3,8-11,13H2,1-2H3/t14-,19?/m0/s1. The number of para-hydroxylation sites is 1. The van der Waals surface area contributed by atoms with E-state index in [1.807, 2.05) is 23.1 Å². The van der Waals surface area contributed by atoms with Gasteiger partial charge < -0.3 is 15.4 Å². The van der Waals surface area contributed by atoms with Crippen molar-refractivity contribution in [2.24, 2.45) is 0 Å². The highest BCUT2D eigenvalue weighted by Crippen LogP contribution is 2.47. The molecule has 1 aromatic carbocycles. The van der Waals surface area contributed by atoms with Gasteiger partial charge in [0.15, 0.2) is 0 Å². The minimum absolute atomic E-state index is 0.241. The molecule has 4 rings (SSSR count). The average Bonchev–Trinajstić information content (AvgIpc) is 3.01. The van der Waals surface area contributed by atoms with Crippen molar-refractivity contribution in [3.63, 3.8) is 0 Å². The highest BCUT2D eigenvalue weighted by Gasteiger charge is 2.31. The van der Waals surface area contributed by atoms with E-state index in [0.29, 0.717) is 6.04 Å². The summed E-state index contributed by atoms with van der Waals surface area (Å²) in [6, 6.07) is 11.6. The Morgan fingerprint density at radius 2 is 2.19 bits per heavy atom. The summed E-state index contributed by atoms with van der Waals surface area (Å²) < 4.78 is 6.73. The second-order valence-electron chi connectivity index (χ2n) is 6.88. The maximum absolute atomic E-state index is 5.29. The summed E-state index contributed by atoms with van der Waals surface area (Å²) in [5.74, 6) is 0. The number of aryl methyl sites for hydroxylation is 1. The van der Waals surface area contributed by atoms with Gasteiger partial charge in [0, 0.05) is 60.4 Å². The first kappa shape index (κ1) is 18.3. The minimum atomic E-state index is 0.241. The molecule has 0 spiro atoms. The van der Waals surface area contributed by atoms with E-state index in [-0.39, 0.29) is 6.17 Å². The Bertz CT molecular complexity index is 748. The smallest absolute Gasteiger partial charge is 0.108 e. The van der Waals surface area contributed by atoms with Crippen molar-refractivity contribution in [3.05, 3.63) is 40.8 Å². The van der Waals surface area contributed by atoms with Crippen LogP contribution >= 0.6 is 23.1 Å². The summed E-state index contributed by atoms with van der Waals surface area (Å²) in [7, 11) is 1.78. The summed E-state index contributed by atoms with van der Waals surface area (Å²) >= 11 is 3.87. The molecule has 0 saturated carbocycles. The molecule has 2 N–H and O–H groups in total. The lowest BCUT2D eigenvalue weighted by molar-refractivity contribution is 0.126. The fourth-order valence-electron chi connectivity index (χ4n) is 3.71. The van der Waals surface area contributed by atoms with Gasteiger partial charge in [-0.15, -0.1) is 11.3 Å². The molecule has 1 saturated heterocycles. The van der Waals surface area contributed by atoms with Crippen LogP contribution in [0.3, 0.4) is 0 Å². The van der Waals surface area contributed by atoms with Gasteiger partial charge in [-0.25, -0.2) is 0 Å². The van der Waals surface area contributed by atoms with E-state index in [2.05, 4.69) is 52.8 Å². The van der Waals surface area contributed by atoms with E-state index in [1.165, 1.54) is 25.2 Å². The molecule has 4 nitrogen and oxygen atoms in total. The Morgan fingerprint density at radius 3 is 3.04 bits per heavy atom. The Hall–Kier alpha value is -1.05. The number of nitrogens with zero attached hydrogens (tertiary/aromatic N) is 1. The van der Waals surface area contributed by atoms with E-state index in [0.717, 1.165) is 39.1 Å². The molecular weight excluding hydrogens is 362 g/mol. The van der Waals surface area contributed by atoms with Crippen LogP contribution in [0.5, 0.6) is 0 Å². The average molecular weight is 390 g/mol. The number of benzene rings is 1. The maximum atomic E-state index is 5.29. The maximum Gasteiger partial charge on any atom is 0.108 e. The van der Waals surface area contributed by atoms with E-state index in [1.54, 1.807) is 7.11 Å². The van der Waals surface area contributed by atoms with Crippen LogP contribution in [0.25, 0.3) is 0 Å². The lowest BCUT2D eigenvalue weighted by Gasteiger charge is -2.39. The van der Waals surface area contributed by atoms with Crippen LogP contribution in [0.1, 0.15) is 30.0 Å². The molecule has 2 atom stereocenters. The second kappa shape index (κ2) is 8.31. The number of piperazine rings is 1. The van der Waals surface area contributed by atoms with Crippen molar-refractivity contribution in [2.45, 2.75) is 41.1 Å². The van der Waals surface area contributed by atoms with Gasteiger partial charge in [0.05, 0.1) is 4.21 Å². The number of hydrogen-bond acceptors (Lipinski definition) is 6. The van der Waals surface area contributed by atoms with Crippen molar-refractivity contribution in [1.29, 1.82) is 0 Å². The molecule has 1 fully saturated rings. The van der Waals surface area contributed by atoms with E-state index >= 15 is 0 Å². The van der Waals surface area contributed by atoms with Gasteiger partial charge in [-0.2, -0.15) is 0 Å². The summed E-state index contributed by atoms with van der Waals surface area (Å²) in [6.07, 6.45) is 2.40. The number of methoxy groups -OCH3 is 1.